The highest BCUT2D eigenvalue weighted by Gasteiger charge is 2.07. The number of benzene rings is 1. The van der Waals surface area contributed by atoms with Crippen LogP contribution in [0.4, 0.5) is 0 Å². The van der Waals surface area contributed by atoms with Crippen LogP contribution in [-0.4, -0.2) is 27.7 Å². The summed E-state index contributed by atoms with van der Waals surface area (Å²) in [5, 5.41) is 4.42. The monoisotopic (exact) mass is 428 g/mol. The maximum absolute atomic E-state index is 12.2. The minimum atomic E-state index is -0.0613. The van der Waals surface area contributed by atoms with Gasteiger partial charge < -0.3 is 14.6 Å². The predicted molar refractivity (Wildman–Crippen MR) is 127 cm³/mol. The number of para-hydroxylation sites is 1. The van der Waals surface area contributed by atoms with Crippen molar-refractivity contribution in [3.63, 3.8) is 0 Å². The molecule has 0 fully saturated rings. The van der Waals surface area contributed by atoms with Gasteiger partial charge in [-0.2, -0.15) is 0 Å². The molecule has 0 spiro atoms. The van der Waals surface area contributed by atoms with Crippen LogP contribution in [0.1, 0.15) is 23.2 Å². The van der Waals surface area contributed by atoms with E-state index in [4.69, 9.17) is 4.74 Å². The van der Waals surface area contributed by atoms with E-state index in [-0.39, 0.29) is 5.56 Å². The van der Waals surface area contributed by atoms with Crippen LogP contribution in [0.25, 0.3) is 10.9 Å². The van der Waals surface area contributed by atoms with Crippen molar-refractivity contribution in [2.45, 2.75) is 25.8 Å². The number of ether oxygens (including phenoxy) is 1. The van der Waals surface area contributed by atoms with E-state index in [1.54, 1.807) is 23.9 Å². The van der Waals surface area contributed by atoms with Gasteiger partial charge in [-0.3, -0.25) is 14.8 Å². The smallest absolute Gasteiger partial charge is 0.254 e. The van der Waals surface area contributed by atoms with Crippen LogP contribution in [0, 0.1) is 0 Å². The first-order valence-corrected chi connectivity index (χ1v) is 11.0. The molecule has 6 heteroatoms. The molecule has 0 amide bonds. The van der Waals surface area contributed by atoms with Crippen molar-refractivity contribution in [3.8, 4) is 5.75 Å². The van der Waals surface area contributed by atoms with Gasteiger partial charge in [0.1, 0.15) is 5.75 Å². The third-order valence-corrected chi connectivity index (χ3v) is 5.47. The van der Waals surface area contributed by atoms with Crippen molar-refractivity contribution in [2.75, 3.05) is 13.2 Å². The zero-order chi connectivity index (χ0) is 22.2. The lowest BCUT2D eigenvalue weighted by atomic mass is 10.1. The molecule has 0 aliphatic heterocycles. The SMILES string of the molecule is Cn1c(=O)cc(OCCCNCc2ccnc(CCc3cccnc3)c2)c2ccccc21. The number of aryl methyl sites for hydroxylation is 3. The number of nitrogens with zero attached hydrogens (tertiary/aromatic N) is 3. The molecule has 4 aromatic rings. The van der Waals surface area contributed by atoms with E-state index in [0.717, 1.165) is 48.9 Å². The second-order valence-electron chi connectivity index (χ2n) is 7.82. The standard InChI is InChI=1S/C26H28N4O2/c1-30-24-8-3-2-7-23(24)25(17-26(30)31)32-15-5-13-28-19-21-11-14-29-22(16-21)10-9-20-6-4-12-27-18-20/h2-4,6-8,11-12,14,16-18,28H,5,9-10,13,15,19H2,1H3. The van der Waals surface area contributed by atoms with Crippen molar-refractivity contribution in [1.82, 2.24) is 19.9 Å². The number of nitrogens with one attached hydrogen (secondary N) is 1. The van der Waals surface area contributed by atoms with Gasteiger partial charge in [0.25, 0.3) is 5.56 Å². The fourth-order valence-corrected chi connectivity index (χ4v) is 3.70. The van der Waals surface area contributed by atoms with Gasteiger partial charge in [-0.1, -0.05) is 18.2 Å². The lowest BCUT2D eigenvalue weighted by Crippen LogP contribution is -2.19. The first kappa shape index (κ1) is 21.7. The van der Waals surface area contributed by atoms with E-state index >= 15 is 0 Å². The van der Waals surface area contributed by atoms with Crippen LogP contribution in [-0.2, 0) is 26.4 Å². The zero-order valence-corrected chi connectivity index (χ0v) is 18.3. The van der Waals surface area contributed by atoms with Gasteiger partial charge in [0, 0.05) is 49.3 Å². The average Bonchev–Trinajstić information content (AvgIpc) is 2.84. The van der Waals surface area contributed by atoms with Crippen LogP contribution >= 0.6 is 0 Å². The summed E-state index contributed by atoms with van der Waals surface area (Å²) in [6, 6.07) is 17.6. The molecule has 0 saturated carbocycles. The van der Waals surface area contributed by atoms with Gasteiger partial charge in [0.05, 0.1) is 12.1 Å². The summed E-state index contributed by atoms with van der Waals surface area (Å²) in [4.78, 5) is 20.8. The van der Waals surface area contributed by atoms with Gasteiger partial charge in [-0.25, -0.2) is 0 Å². The molecule has 0 atom stereocenters. The Morgan fingerprint density at radius 1 is 1.00 bits per heavy atom. The van der Waals surface area contributed by atoms with Crippen LogP contribution < -0.4 is 15.6 Å². The molecule has 0 aliphatic carbocycles. The topological polar surface area (TPSA) is 69.0 Å². The highest BCUT2D eigenvalue weighted by Crippen LogP contribution is 2.23. The molecule has 0 saturated heterocycles. The van der Waals surface area contributed by atoms with Crippen LogP contribution in [0.15, 0.2) is 78.0 Å². The Balaban J connectivity index is 1.22. The van der Waals surface area contributed by atoms with Crippen molar-refractivity contribution in [1.29, 1.82) is 0 Å². The number of hydrogen-bond acceptors (Lipinski definition) is 5. The first-order chi connectivity index (χ1) is 15.7. The van der Waals surface area contributed by atoms with Gasteiger partial charge in [0.15, 0.2) is 0 Å². The maximum atomic E-state index is 12.2. The summed E-state index contributed by atoms with van der Waals surface area (Å²) in [6.45, 7) is 2.17. The lowest BCUT2D eigenvalue weighted by Gasteiger charge is -2.12. The molecule has 0 unspecified atom stereocenters. The maximum Gasteiger partial charge on any atom is 0.254 e. The lowest BCUT2D eigenvalue weighted by molar-refractivity contribution is 0.311. The Morgan fingerprint density at radius 2 is 1.91 bits per heavy atom. The zero-order valence-electron chi connectivity index (χ0n) is 18.3. The number of pyridine rings is 3. The fraction of sp³-hybridized carbons (Fsp3) is 0.269. The Kier molecular flexibility index (Phi) is 7.25. The van der Waals surface area contributed by atoms with Gasteiger partial charge in [-0.05, 0) is 67.3 Å². The Hall–Kier alpha value is -3.51. The summed E-state index contributed by atoms with van der Waals surface area (Å²) in [5.41, 5.74) is 4.36. The summed E-state index contributed by atoms with van der Waals surface area (Å²) >= 11 is 0. The predicted octanol–water partition coefficient (Wildman–Crippen LogP) is 3.67. The summed E-state index contributed by atoms with van der Waals surface area (Å²) in [6.07, 6.45) is 8.26. The quantitative estimate of drug-likeness (QED) is 0.390. The number of rotatable bonds is 10. The van der Waals surface area contributed by atoms with Gasteiger partial charge in [-0.15, -0.1) is 0 Å². The van der Waals surface area contributed by atoms with E-state index in [1.807, 2.05) is 48.8 Å². The molecule has 3 aromatic heterocycles. The third kappa shape index (κ3) is 5.59. The van der Waals surface area contributed by atoms with Crippen LogP contribution in [0.2, 0.25) is 0 Å². The molecule has 4 rings (SSSR count). The molecular formula is C26H28N4O2. The van der Waals surface area contributed by atoms with Crippen LogP contribution in [0.3, 0.4) is 0 Å². The molecule has 1 N–H and O–H groups in total. The molecule has 0 aliphatic rings. The van der Waals surface area contributed by atoms with Crippen molar-refractivity contribution in [3.05, 3.63) is 100 Å². The number of aromatic nitrogens is 3. The second kappa shape index (κ2) is 10.7. The second-order valence-corrected chi connectivity index (χ2v) is 7.82. The van der Waals surface area contributed by atoms with Crippen LogP contribution in [0.5, 0.6) is 5.75 Å². The van der Waals surface area contributed by atoms with Gasteiger partial charge in [0.2, 0.25) is 0 Å². The molecule has 6 nitrogen and oxygen atoms in total. The van der Waals surface area contributed by atoms with E-state index in [1.165, 1.54) is 11.1 Å². The summed E-state index contributed by atoms with van der Waals surface area (Å²) in [5.74, 6) is 0.649. The average molecular weight is 429 g/mol. The normalized spacial score (nSPS) is 11.0. The van der Waals surface area contributed by atoms with Crippen molar-refractivity contribution >= 4 is 10.9 Å². The molecule has 0 radical (unpaired) electrons. The van der Waals surface area contributed by atoms with E-state index in [9.17, 15) is 4.79 Å². The third-order valence-electron chi connectivity index (χ3n) is 5.47. The highest BCUT2D eigenvalue weighted by atomic mass is 16.5. The van der Waals surface area contributed by atoms with Crippen molar-refractivity contribution < 1.29 is 4.74 Å². The number of fused-ring (bicyclic) bond motifs is 1. The fourth-order valence-electron chi connectivity index (χ4n) is 3.70. The molecule has 164 valence electrons. The van der Waals surface area contributed by atoms with E-state index < -0.39 is 0 Å². The van der Waals surface area contributed by atoms with E-state index in [0.29, 0.717) is 12.4 Å². The molecule has 3 heterocycles. The molecule has 0 bridgehead atoms. The number of hydrogen-bond donors (Lipinski definition) is 1. The molecule has 32 heavy (non-hydrogen) atoms. The molecular weight excluding hydrogens is 400 g/mol. The van der Waals surface area contributed by atoms with Crippen molar-refractivity contribution in [2.24, 2.45) is 7.05 Å². The van der Waals surface area contributed by atoms with E-state index in [2.05, 4.69) is 27.4 Å². The minimum absolute atomic E-state index is 0.0613. The summed E-state index contributed by atoms with van der Waals surface area (Å²) in [7, 11) is 1.78. The Bertz CT molecular complexity index is 1220. The van der Waals surface area contributed by atoms with Gasteiger partial charge >= 0.3 is 0 Å². The molecule has 1 aromatic carbocycles. The Labute approximate surface area is 187 Å². The highest BCUT2D eigenvalue weighted by molar-refractivity contribution is 5.85. The Morgan fingerprint density at radius 3 is 2.78 bits per heavy atom. The summed E-state index contributed by atoms with van der Waals surface area (Å²) < 4.78 is 7.57. The first-order valence-electron chi connectivity index (χ1n) is 11.0. The minimum Gasteiger partial charge on any atom is -0.493 e. The largest absolute Gasteiger partial charge is 0.493 e.